The topological polar surface area (TPSA) is 54.7 Å². The van der Waals surface area contributed by atoms with Crippen LogP contribution in [0.5, 0.6) is 0 Å². The van der Waals surface area contributed by atoms with Gasteiger partial charge in [-0.1, -0.05) is 6.07 Å². The fraction of sp³-hybridized carbons (Fsp3) is 0.300. The second-order valence-electron chi connectivity index (χ2n) is 3.62. The molecule has 1 aromatic heterocycles. The Morgan fingerprint density at radius 1 is 1.38 bits per heavy atom. The van der Waals surface area contributed by atoms with Gasteiger partial charge in [0.1, 0.15) is 11.9 Å². The minimum atomic E-state index is -4.43. The molecule has 1 unspecified atom stereocenters. The molecule has 1 atom stereocenters. The van der Waals surface area contributed by atoms with Crippen LogP contribution in [0.25, 0.3) is 11.0 Å². The largest absolute Gasteiger partial charge is 0.407 e. The second-order valence-corrected chi connectivity index (χ2v) is 3.62. The summed E-state index contributed by atoms with van der Waals surface area (Å²) in [5.41, 5.74) is 6.34. The van der Waals surface area contributed by atoms with Gasteiger partial charge < -0.3 is 10.7 Å². The Balaban J connectivity index is 2.46. The van der Waals surface area contributed by atoms with Crippen LogP contribution in [-0.4, -0.2) is 16.1 Å². The average molecular weight is 229 g/mol. The molecule has 0 aliphatic carbocycles. The smallest absolute Gasteiger partial charge is 0.342 e. The number of H-pyrrole nitrogens is 1. The summed E-state index contributed by atoms with van der Waals surface area (Å²) in [5.74, 6) is 0.660. The molecule has 1 aromatic carbocycles. The molecule has 0 radical (unpaired) electrons. The Morgan fingerprint density at radius 2 is 2.06 bits per heavy atom. The van der Waals surface area contributed by atoms with Gasteiger partial charge in [0.05, 0.1) is 11.0 Å². The van der Waals surface area contributed by atoms with E-state index in [0.717, 1.165) is 0 Å². The number of aromatic nitrogens is 2. The first-order chi connectivity index (χ1) is 7.38. The van der Waals surface area contributed by atoms with Gasteiger partial charge in [0.15, 0.2) is 0 Å². The zero-order chi connectivity index (χ0) is 11.9. The van der Waals surface area contributed by atoms with Crippen LogP contribution in [0.2, 0.25) is 0 Å². The van der Waals surface area contributed by atoms with Crippen molar-refractivity contribution in [2.45, 2.75) is 19.1 Å². The number of nitrogens with zero attached hydrogens (tertiary/aromatic N) is 1. The van der Waals surface area contributed by atoms with Crippen molar-refractivity contribution in [2.75, 3.05) is 0 Å². The molecule has 16 heavy (non-hydrogen) atoms. The molecule has 0 fully saturated rings. The minimum Gasteiger partial charge on any atom is -0.342 e. The zero-order valence-corrected chi connectivity index (χ0v) is 8.47. The van der Waals surface area contributed by atoms with Crippen LogP contribution in [0.15, 0.2) is 18.2 Å². The molecule has 0 spiro atoms. The molecule has 2 rings (SSSR count). The van der Waals surface area contributed by atoms with Crippen molar-refractivity contribution in [3.8, 4) is 0 Å². The van der Waals surface area contributed by atoms with E-state index in [-0.39, 0.29) is 5.56 Å². The number of nitrogens with one attached hydrogen (secondary N) is 1. The number of aryl methyl sites for hydroxylation is 1. The lowest BCUT2D eigenvalue weighted by Crippen LogP contribution is -2.28. The van der Waals surface area contributed by atoms with Gasteiger partial charge >= 0.3 is 6.18 Å². The molecule has 6 heteroatoms. The molecule has 1 heterocycles. The molecular formula is C10H10F3N3. The van der Waals surface area contributed by atoms with Gasteiger partial charge in [-0.05, 0) is 24.6 Å². The van der Waals surface area contributed by atoms with E-state index in [2.05, 4.69) is 9.97 Å². The number of halogens is 3. The van der Waals surface area contributed by atoms with E-state index >= 15 is 0 Å². The molecule has 2 aromatic rings. The number of nitrogens with two attached hydrogens (primary N) is 1. The summed E-state index contributed by atoms with van der Waals surface area (Å²) in [6.07, 6.45) is -4.43. The molecule has 0 saturated carbocycles. The van der Waals surface area contributed by atoms with E-state index < -0.39 is 12.2 Å². The van der Waals surface area contributed by atoms with Crippen molar-refractivity contribution in [2.24, 2.45) is 5.73 Å². The summed E-state index contributed by atoms with van der Waals surface area (Å²) in [4.78, 5) is 6.97. The van der Waals surface area contributed by atoms with Gasteiger partial charge in [0.25, 0.3) is 0 Å². The Morgan fingerprint density at radius 3 is 2.69 bits per heavy atom. The normalized spacial score (nSPS) is 14.3. The summed E-state index contributed by atoms with van der Waals surface area (Å²) >= 11 is 0. The van der Waals surface area contributed by atoms with Crippen LogP contribution in [0.4, 0.5) is 13.2 Å². The maximum atomic E-state index is 12.4. The van der Waals surface area contributed by atoms with Gasteiger partial charge in [0, 0.05) is 0 Å². The van der Waals surface area contributed by atoms with Crippen molar-refractivity contribution < 1.29 is 13.2 Å². The van der Waals surface area contributed by atoms with Crippen molar-refractivity contribution in [3.63, 3.8) is 0 Å². The summed E-state index contributed by atoms with van der Waals surface area (Å²) < 4.78 is 37.2. The summed E-state index contributed by atoms with van der Waals surface area (Å²) in [6.45, 7) is 1.74. The first-order valence-corrected chi connectivity index (χ1v) is 4.66. The van der Waals surface area contributed by atoms with Gasteiger partial charge in [-0.2, -0.15) is 13.2 Å². The van der Waals surface area contributed by atoms with Crippen LogP contribution in [-0.2, 0) is 0 Å². The third kappa shape index (κ3) is 1.88. The monoisotopic (exact) mass is 229 g/mol. The molecule has 0 bridgehead atoms. The van der Waals surface area contributed by atoms with Gasteiger partial charge in [0.2, 0.25) is 0 Å². The summed E-state index contributed by atoms with van der Waals surface area (Å²) in [6, 6.07) is 2.30. The number of hydrogen-bond acceptors (Lipinski definition) is 2. The van der Waals surface area contributed by atoms with Crippen molar-refractivity contribution in [1.29, 1.82) is 0 Å². The van der Waals surface area contributed by atoms with E-state index in [9.17, 15) is 13.2 Å². The predicted molar refractivity (Wildman–Crippen MR) is 53.8 cm³/mol. The minimum absolute atomic E-state index is 0.0312. The molecule has 3 N–H and O–H groups in total. The maximum Gasteiger partial charge on any atom is 0.407 e. The average Bonchev–Trinajstić information content (AvgIpc) is 2.54. The Labute approximate surface area is 89.5 Å². The fourth-order valence-corrected chi connectivity index (χ4v) is 1.54. The van der Waals surface area contributed by atoms with Crippen LogP contribution in [0.3, 0.4) is 0 Å². The molecule has 3 nitrogen and oxygen atoms in total. The van der Waals surface area contributed by atoms with Gasteiger partial charge in [-0.3, -0.25) is 0 Å². The number of rotatable bonds is 1. The van der Waals surface area contributed by atoms with Crippen LogP contribution in [0.1, 0.15) is 17.4 Å². The van der Waals surface area contributed by atoms with Crippen molar-refractivity contribution in [3.05, 3.63) is 29.6 Å². The molecular weight excluding hydrogens is 219 g/mol. The lowest BCUT2D eigenvalue weighted by atomic mass is 10.1. The molecule has 0 amide bonds. The molecule has 0 aliphatic heterocycles. The third-order valence-corrected chi connectivity index (χ3v) is 2.34. The first-order valence-electron chi connectivity index (χ1n) is 4.66. The highest BCUT2D eigenvalue weighted by Gasteiger charge is 2.37. The first kappa shape index (κ1) is 10.9. The quantitative estimate of drug-likeness (QED) is 0.789. The lowest BCUT2D eigenvalue weighted by molar-refractivity contribution is -0.149. The number of fused-ring (bicyclic) bond motifs is 1. The standard InChI is InChI=1S/C10H10F3N3/c1-5-15-7-3-2-6(4-8(7)16-5)9(14)10(11,12)13/h2-4,9H,14H2,1H3,(H,15,16). The van der Waals surface area contributed by atoms with E-state index in [4.69, 9.17) is 5.73 Å². The zero-order valence-electron chi connectivity index (χ0n) is 8.47. The van der Waals surface area contributed by atoms with E-state index in [1.54, 1.807) is 6.92 Å². The van der Waals surface area contributed by atoms with Crippen molar-refractivity contribution >= 4 is 11.0 Å². The van der Waals surface area contributed by atoms with E-state index in [1.807, 2.05) is 0 Å². The Bertz CT molecular complexity index is 515. The highest BCUT2D eigenvalue weighted by Crippen LogP contribution is 2.31. The number of alkyl halides is 3. The van der Waals surface area contributed by atoms with Gasteiger partial charge in [-0.15, -0.1) is 0 Å². The summed E-state index contributed by atoms with van der Waals surface area (Å²) in [7, 11) is 0. The van der Waals surface area contributed by atoms with Crippen LogP contribution in [0, 0.1) is 6.92 Å². The van der Waals surface area contributed by atoms with Crippen molar-refractivity contribution in [1.82, 2.24) is 9.97 Å². The number of hydrogen-bond donors (Lipinski definition) is 2. The highest BCUT2D eigenvalue weighted by molar-refractivity contribution is 5.76. The van der Waals surface area contributed by atoms with E-state index in [1.165, 1.54) is 18.2 Å². The lowest BCUT2D eigenvalue weighted by Gasteiger charge is -2.15. The number of imidazole rings is 1. The molecule has 0 saturated heterocycles. The van der Waals surface area contributed by atoms with Crippen LogP contribution >= 0.6 is 0 Å². The third-order valence-electron chi connectivity index (χ3n) is 2.34. The van der Waals surface area contributed by atoms with Crippen LogP contribution < -0.4 is 5.73 Å². The number of aromatic amines is 1. The fourth-order valence-electron chi connectivity index (χ4n) is 1.54. The summed E-state index contributed by atoms with van der Waals surface area (Å²) in [5, 5.41) is 0. The molecule has 0 aliphatic rings. The maximum absolute atomic E-state index is 12.4. The molecule has 86 valence electrons. The number of benzene rings is 1. The highest BCUT2D eigenvalue weighted by atomic mass is 19.4. The van der Waals surface area contributed by atoms with E-state index in [0.29, 0.717) is 16.9 Å². The Hall–Kier alpha value is -1.56. The Kier molecular flexibility index (Phi) is 2.38. The predicted octanol–water partition coefficient (Wildman–Crippen LogP) is 2.43. The van der Waals surface area contributed by atoms with Gasteiger partial charge in [-0.25, -0.2) is 4.98 Å². The SMILES string of the molecule is Cc1nc2ccc(C(N)C(F)(F)F)cc2[nH]1. The second kappa shape index (κ2) is 3.48.